The van der Waals surface area contributed by atoms with Crippen LogP contribution >= 0.6 is 11.6 Å². The van der Waals surface area contributed by atoms with Crippen molar-refractivity contribution in [2.75, 3.05) is 5.32 Å². The summed E-state index contributed by atoms with van der Waals surface area (Å²) in [5, 5.41) is 13.8. The zero-order valence-corrected chi connectivity index (χ0v) is 17.3. The quantitative estimate of drug-likeness (QED) is 0.566. The molecule has 1 aliphatic rings. The van der Waals surface area contributed by atoms with E-state index in [9.17, 15) is 23.1 Å². The molecule has 2 heterocycles. The number of hydrogen-bond acceptors (Lipinski definition) is 4. The number of alkyl halides is 3. The number of amides is 1. The Labute approximate surface area is 181 Å². The molecule has 1 unspecified atom stereocenters. The van der Waals surface area contributed by atoms with Gasteiger partial charge in [0.15, 0.2) is 5.65 Å². The van der Waals surface area contributed by atoms with Crippen LogP contribution in [-0.4, -0.2) is 25.5 Å². The summed E-state index contributed by atoms with van der Waals surface area (Å²) < 4.78 is 41.0. The Bertz CT molecular complexity index is 1140. The highest BCUT2D eigenvalue weighted by atomic mass is 35.5. The maximum Gasteiger partial charge on any atom is 0.433 e. The molecule has 0 aliphatic heterocycles. The van der Waals surface area contributed by atoms with Crippen molar-refractivity contribution in [1.29, 1.82) is 0 Å². The molecule has 4 rings (SSSR count). The molecular weight excluding hydrogens is 433 g/mol. The Morgan fingerprint density at radius 3 is 2.61 bits per heavy atom. The maximum absolute atomic E-state index is 13.1. The highest BCUT2D eigenvalue weighted by Crippen LogP contribution is 2.38. The monoisotopic (exact) mass is 452 g/mol. The van der Waals surface area contributed by atoms with Crippen molar-refractivity contribution in [2.45, 2.75) is 50.4 Å². The van der Waals surface area contributed by atoms with Gasteiger partial charge in [0, 0.05) is 11.1 Å². The van der Waals surface area contributed by atoms with Crippen LogP contribution in [0.4, 0.5) is 19.1 Å². The van der Waals surface area contributed by atoms with Gasteiger partial charge in [0.1, 0.15) is 11.2 Å². The minimum Gasteiger partial charge on any atom is -0.385 e. The van der Waals surface area contributed by atoms with E-state index in [1.54, 1.807) is 28.8 Å². The zero-order chi connectivity index (χ0) is 22.4. The summed E-state index contributed by atoms with van der Waals surface area (Å²) in [5.74, 6) is -0.407. The van der Waals surface area contributed by atoms with Crippen molar-refractivity contribution in [3.63, 3.8) is 0 Å². The minimum atomic E-state index is -4.58. The highest BCUT2D eigenvalue weighted by molar-refractivity contribution is 6.30. The molecule has 1 saturated carbocycles. The van der Waals surface area contributed by atoms with Gasteiger partial charge in [-0.25, -0.2) is 9.97 Å². The number of benzene rings is 1. The maximum atomic E-state index is 13.1. The molecule has 0 spiro atoms. The summed E-state index contributed by atoms with van der Waals surface area (Å²) in [6.45, 7) is 1.49. The number of aliphatic hydroxyl groups is 1. The molecule has 1 atom stereocenters. The lowest BCUT2D eigenvalue weighted by atomic mass is 9.92. The van der Waals surface area contributed by atoms with E-state index in [0.29, 0.717) is 10.6 Å². The molecule has 1 amide bonds. The molecule has 6 nitrogen and oxygen atoms in total. The number of rotatable bonds is 5. The number of hydrogen-bond donors (Lipinski definition) is 2. The average molecular weight is 453 g/mol. The van der Waals surface area contributed by atoms with E-state index in [0.717, 1.165) is 25.3 Å². The third kappa shape index (κ3) is 4.38. The molecule has 1 aromatic carbocycles. The van der Waals surface area contributed by atoms with Crippen LogP contribution in [0.2, 0.25) is 5.02 Å². The molecule has 164 valence electrons. The van der Waals surface area contributed by atoms with Gasteiger partial charge in [0.2, 0.25) is 11.9 Å². The van der Waals surface area contributed by atoms with Gasteiger partial charge in [0.25, 0.3) is 0 Å². The third-order valence-corrected chi connectivity index (χ3v) is 5.71. The topological polar surface area (TPSA) is 80.0 Å². The Balaban J connectivity index is 1.63. The highest BCUT2D eigenvalue weighted by Gasteiger charge is 2.35. The fourth-order valence-electron chi connectivity index (χ4n) is 3.62. The van der Waals surface area contributed by atoms with Gasteiger partial charge in [-0.15, -0.1) is 0 Å². The summed E-state index contributed by atoms with van der Waals surface area (Å²) >= 11 is 5.97. The number of carbonyl (C=O) groups excluding carboxylic acids is 1. The van der Waals surface area contributed by atoms with Gasteiger partial charge in [-0.05, 0) is 56.0 Å². The van der Waals surface area contributed by atoms with Crippen LogP contribution in [0.1, 0.15) is 49.9 Å². The fourth-order valence-corrected chi connectivity index (χ4v) is 3.81. The summed E-state index contributed by atoms with van der Waals surface area (Å²) in [7, 11) is 0. The summed E-state index contributed by atoms with van der Waals surface area (Å²) in [6.07, 6.45) is -2.43. The molecule has 31 heavy (non-hydrogen) atoms. The van der Waals surface area contributed by atoms with Gasteiger partial charge in [0.05, 0.1) is 12.0 Å². The van der Waals surface area contributed by atoms with Crippen molar-refractivity contribution in [1.82, 2.24) is 14.5 Å². The number of nitrogens with zero attached hydrogens (tertiary/aromatic N) is 3. The number of aromatic nitrogens is 3. The number of imidazole rings is 1. The fraction of sp³-hybridized carbons (Fsp3) is 0.381. The first-order valence-electron chi connectivity index (χ1n) is 9.79. The molecule has 0 radical (unpaired) electrons. The van der Waals surface area contributed by atoms with E-state index >= 15 is 0 Å². The first-order chi connectivity index (χ1) is 14.5. The molecule has 0 bridgehead atoms. The zero-order valence-electron chi connectivity index (χ0n) is 16.6. The normalized spacial score (nSPS) is 16.7. The first-order valence-corrected chi connectivity index (χ1v) is 10.2. The molecule has 2 aromatic heterocycles. The largest absolute Gasteiger partial charge is 0.433 e. The van der Waals surface area contributed by atoms with Crippen LogP contribution in [-0.2, 0) is 16.6 Å². The van der Waals surface area contributed by atoms with Crippen molar-refractivity contribution >= 4 is 34.6 Å². The predicted octanol–water partition coefficient (Wildman–Crippen LogP) is 5.06. The second kappa shape index (κ2) is 7.80. The second-order valence-electron chi connectivity index (χ2n) is 7.94. The Kier molecular flexibility index (Phi) is 5.43. The summed E-state index contributed by atoms with van der Waals surface area (Å²) in [5.41, 5.74) is -1.70. The lowest BCUT2D eigenvalue weighted by Gasteiger charge is -2.29. The van der Waals surface area contributed by atoms with Crippen molar-refractivity contribution in [3.8, 4) is 0 Å². The lowest BCUT2D eigenvalue weighted by Crippen LogP contribution is -2.30. The van der Waals surface area contributed by atoms with Crippen LogP contribution in [0.5, 0.6) is 0 Å². The molecule has 1 aliphatic carbocycles. The average Bonchev–Trinajstić information content (AvgIpc) is 2.96. The van der Waals surface area contributed by atoms with Gasteiger partial charge in [-0.2, -0.15) is 13.2 Å². The molecule has 3 aromatic rings. The van der Waals surface area contributed by atoms with Gasteiger partial charge in [-0.3, -0.25) is 14.7 Å². The van der Waals surface area contributed by atoms with Crippen molar-refractivity contribution in [3.05, 3.63) is 52.7 Å². The molecule has 0 saturated heterocycles. The van der Waals surface area contributed by atoms with Gasteiger partial charge >= 0.3 is 6.18 Å². The second-order valence-corrected chi connectivity index (χ2v) is 8.37. The predicted molar refractivity (Wildman–Crippen MR) is 110 cm³/mol. The van der Waals surface area contributed by atoms with Crippen LogP contribution in [0, 0.1) is 0 Å². The number of pyridine rings is 1. The standard InChI is InChI=1S/C21H20ClF3N4O2/c1-20(31,12-4-2-5-13(22)10-12)11-17(30)28-19-26-15-8-9-16(21(23,24)25)27-18(15)29(19)14-6-3-7-14/h2,4-5,8-10,14,31H,3,6-7,11H2,1H3,(H,26,28,30). The number of carbonyl (C=O) groups is 1. The van der Waals surface area contributed by atoms with Crippen LogP contribution in [0.25, 0.3) is 11.2 Å². The van der Waals surface area contributed by atoms with Gasteiger partial charge < -0.3 is 5.11 Å². The van der Waals surface area contributed by atoms with E-state index in [1.807, 2.05) is 0 Å². The number of anilines is 1. The van der Waals surface area contributed by atoms with E-state index < -0.39 is 23.4 Å². The number of halogens is 4. The Hall–Kier alpha value is -2.65. The Morgan fingerprint density at radius 2 is 2.00 bits per heavy atom. The molecule has 2 N–H and O–H groups in total. The summed E-state index contributed by atoms with van der Waals surface area (Å²) in [4.78, 5) is 20.8. The lowest BCUT2D eigenvalue weighted by molar-refractivity contribution is -0.141. The van der Waals surface area contributed by atoms with Crippen LogP contribution in [0.15, 0.2) is 36.4 Å². The molecular formula is C21H20ClF3N4O2. The summed E-state index contributed by atoms with van der Waals surface area (Å²) in [6, 6.07) is 8.58. The number of nitrogens with one attached hydrogen (secondary N) is 1. The smallest absolute Gasteiger partial charge is 0.385 e. The van der Waals surface area contributed by atoms with E-state index in [1.165, 1.54) is 13.0 Å². The molecule has 10 heteroatoms. The van der Waals surface area contributed by atoms with E-state index in [2.05, 4.69) is 15.3 Å². The molecule has 1 fully saturated rings. The van der Waals surface area contributed by atoms with E-state index in [4.69, 9.17) is 11.6 Å². The van der Waals surface area contributed by atoms with Crippen molar-refractivity contribution < 1.29 is 23.1 Å². The van der Waals surface area contributed by atoms with Crippen LogP contribution in [0.3, 0.4) is 0 Å². The minimum absolute atomic E-state index is 0.0800. The first kappa shape index (κ1) is 21.6. The van der Waals surface area contributed by atoms with Crippen LogP contribution < -0.4 is 5.32 Å². The number of fused-ring (bicyclic) bond motifs is 1. The Morgan fingerprint density at radius 1 is 1.26 bits per heavy atom. The third-order valence-electron chi connectivity index (χ3n) is 5.47. The SMILES string of the molecule is CC(O)(CC(=O)Nc1nc2ccc(C(F)(F)F)nc2n1C1CCC1)c1cccc(Cl)c1. The van der Waals surface area contributed by atoms with E-state index in [-0.39, 0.29) is 29.6 Å². The van der Waals surface area contributed by atoms with Gasteiger partial charge in [-0.1, -0.05) is 23.7 Å². The van der Waals surface area contributed by atoms with Crippen molar-refractivity contribution in [2.24, 2.45) is 0 Å².